The van der Waals surface area contributed by atoms with Gasteiger partial charge in [-0.1, -0.05) is 21.1 Å². The van der Waals surface area contributed by atoms with Gasteiger partial charge in [0.25, 0.3) is 5.89 Å². The van der Waals surface area contributed by atoms with Gasteiger partial charge in [-0.15, -0.1) is 12.4 Å². The summed E-state index contributed by atoms with van der Waals surface area (Å²) in [4.78, 5) is 4.41. The smallest absolute Gasteiger partial charge is 0.261 e. The van der Waals surface area contributed by atoms with Crippen LogP contribution in [0.15, 0.2) is 27.2 Å². The van der Waals surface area contributed by atoms with E-state index in [1.807, 2.05) is 18.2 Å². The zero-order valence-electron chi connectivity index (χ0n) is 10.9. The Balaban J connectivity index is 0.00000147. The Hall–Kier alpha value is -1.11. The molecular formula is C13H15BrClN3O2. The number of hydrogen-bond donors (Lipinski definition) is 1. The third-order valence-electron chi connectivity index (χ3n) is 3.51. The Bertz CT molecular complexity index is 613. The molecule has 0 atom stereocenters. The van der Waals surface area contributed by atoms with Crippen LogP contribution in [0.2, 0.25) is 0 Å². The highest BCUT2D eigenvalue weighted by molar-refractivity contribution is 9.10. The van der Waals surface area contributed by atoms with Crippen LogP contribution < -0.4 is 10.5 Å². The van der Waals surface area contributed by atoms with Gasteiger partial charge in [0.15, 0.2) is 5.82 Å². The van der Waals surface area contributed by atoms with Crippen LogP contribution in [-0.4, -0.2) is 17.3 Å². The van der Waals surface area contributed by atoms with Crippen LogP contribution in [0.5, 0.6) is 5.75 Å². The molecule has 7 heteroatoms. The Morgan fingerprint density at radius 3 is 2.75 bits per heavy atom. The first kappa shape index (κ1) is 15.3. The quantitative estimate of drug-likeness (QED) is 0.909. The summed E-state index contributed by atoms with van der Waals surface area (Å²) >= 11 is 3.40. The predicted octanol–water partition coefficient (Wildman–Crippen LogP) is 3.27. The van der Waals surface area contributed by atoms with E-state index in [-0.39, 0.29) is 12.4 Å². The Kier molecular flexibility index (Phi) is 4.36. The van der Waals surface area contributed by atoms with E-state index in [1.165, 1.54) is 0 Å². The molecule has 0 aliphatic heterocycles. The van der Waals surface area contributed by atoms with Gasteiger partial charge < -0.3 is 15.0 Å². The van der Waals surface area contributed by atoms with Crippen LogP contribution in [0.25, 0.3) is 11.5 Å². The molecule has 1 aliphatic carbocycles. The number of nitrogens with zero attached hydrogens (tertiary/aromatic N) is 2. The number of hydrogen-bond acceptors (Lipinski definition) is 5. The van der Waals surface area contributed by atoms with Gasteiger partial charge in [-0.05, 0) is 37.5 Å². The van der Waals surface area contributed by atoms with Crippen molar-refractivity contribution in [2.75, 3.05) is 7.11 Å². The van der Waals surface area contributed by atoms with Crippen LogP contribution >= 0.6 is 28.3 Å². The van der Waals surface area contributed by atoms with Gasteiger partial charge in [0.2, 0.25) is 0 Å². The summed E-state index contributed by atoms with van der Waals surface area (Å²) in [5, 5.41) is 4.01. The molecule has 1 aliphatic rings. The minimum atomic E-state index is -0.412. The monoisotopic (exact) mass is 359 g/mol. The molecule has 0 saturated heterocycles. The zero-order valence-corrected chi connectivity index (χ0v) is 13.3. The minimum Gasteiger partial charge on any atom is -0.496 e. The van der Waals surface area contributed by atoms with Crippen molar-refractivity contribution in [2.24, 2.45) is 5.73 Å². The first-order valence-corrected chi connectivity index (χ1v) is 6.89. The van der Waals surface area contributed by atoms with E-state index >= 15 is 0 Å². The van der Waals surface area contributed by atoms with E-state index in [4.69, 9.17) is 15.0 Å². The minimum absolute atomic E-state index is 0. The molecule has 3 rings (SSSR count). The molecule has 0 amide bonds. The van der Waals surface area contributed by atoms with Crippen LogP contribution in [-0.2, 0) is 5.54 Å². The summed E-state index contributed by atoms with van der Waals surface area (Å²) in [5.74, 6) is 1.71. The van der Waals surface area contributed by atoms with Crippen LogP contribution in [0, 0.1) is 0 Å². The molecule has 0 bridgehead atoms. The van der Waals surface area contributed by atoms with Gasteiger partial charge in [0.1, 0.15) is 5.75 Å². The van der Waals surface area contributed by atoms with Crippen LogP contribution in [0.1, 0.15) is 25.1 Å². The lowest BCUT2D eigenvalue weighted by molar-refractivity contribution is 0.229. The number of methoxy groups -OCH3 is 1. The number of aromatic nitrogens is 2. The average Bonchev–Trinajstić information content (AvgIpc) is 2.85. The standard InChI is InChI=1S/C13H14BrN3O2.ClH/c1-18-10-7-8(14)3-4-9(10)11-16-12(17-19-11)13(15)5-2-6-13;/h3-4,7H,2,5-6,15H2,1H3;1H. The molecule has 5 nitrogen and oxygen atoms in total. The maximum atomic E-state index is 6.19. The number of benzene rings is 1. The Morgan fingerprint density at radius 1 is 1.40 bits per heavy atom. The number of nitrogens with two attached hydrogens (primary N) is 1. The van der Waals surface area contributed by atoms with E-state index in [1.54, 1.807) is 7.11 Å². The Morgan fingerprint density at radius 2 is 2.15 bits per heavy atom. The third kappa shape index (κ3) is 2.55. The normalized spacial score (nSPS) is 16.1. The molecule has 1 saturated carbocycles. The maximum absolute atomic E-state index is 6.19. The lowest BCUT2D eigenvalue weighted by Gasteiger charge is -2.34. The molecule has 0 radical (unpaired) electrons. The first-order chi connectivity index (χ1) is 9.12. The molecule has 108 valence electrons. The molecule has 20 heavy (non-hydrogen) atoms. The highest BCUT2D eigenvalue weighted by Gasteiger charge is 2.39. The SMILES string of the molecule is COc1cc(Br)ccc1-c1nc(C2(N)CCC2)no1.Cl. The second-order valence-electron chi connectivity index (χ2n) is 4.78. The first-order valence-electron chi connectivity index (χ1n) is 6.09. The fraction of sp³-hybridized carbons (Fsp3) is 0.385. The van der Waals surface area contributed by atoms with E-state index in [0.29, 0.717) is 17.5 Å². The highest BCUT2D eigenvalue weighted by atomic mass is 79.9. The van der Waals surface area contributed by atoms with Crippen molar-refractivity contribution in [3.05, 3.63) is 28.5 Å². The molecule has 1 fully saturated rings. The summed E-state index contributed by atoms with van der Waals surface area (Å²) in [6, 6.07) is 5.65. The molecule has 1 heterocycles. The van der Waals surface area contributed by atoms with E-state index in [0.717, 1.165) is 29.3 Å². The van der Waals surface area contributed by atoms with Crippen molar-refractivity contribution in [2.45, 2.75) is 24.8 Å². The zero-order chi connectivity index (χ0) is 13.5. The van der Waals surface area contributed by atoms with Crippen molar-refractivity contribution in [1.82, 2.24) is 10.1 Å². The fourth-order valence-corrected chi connectivity index (χ4v) is 2.50. The largest absolute Gasteiger partial charge is 0.496 e. The lowest BCUT2D eigenvalue weighted by atomic mass is 9.77. The molecular weight excluding hydrogens is 346 g/mol. The van der Waals surface area contributed by atoms with Crippen molar-refractivity contribution >= 4 is 28.3 Å². The van der Waals surface area contributed by atoms with E-state index in [9.17, 15) is 0 Å². The highest BCUT2D eigenvalue weighted by Crippen LogP contribution is 2.38. The van der Waals surface area contributed by atoms with Gasteiger partial charge in [-0.3, -0.25) is 0 Å². The molecule has 2 aromatic rings. The summed E-state index contributed by atoms with van der Waals surface area (Å²) in [6.45, 7) is 0. The van der Waals surface area contributed by atoms with Gasteiger partial charge >= 0.3 is 0 Å². The van der Waals surface area contributed by atoms with E-state index in [2.05, 4.69) is 26.1 Å². The molecule has 0 spiro atoms. The molecule has 1 aromatic carbocycles. The number of ether oxygens (including phenoxy) is 1. The van der Waals surface area contributed by atoms with Crippen LogP contribution in [0.3, 0.4) is 0 Å². The second-order valence-corrected chi connectivity index (χ2v) is 5.69. The summed E-state index contributed by atoms with van der Waals surface area (Å²) in [7, 11) is 1.61. The predicted molar refractivity (Wildman–Crippen MR) is 81.0 cm³/mol. The average molecular weight is 361 g/mol. The van der Waals surface area contributed by atoms with Crippen LogP contribution in [0.4, 0.5) is 0 Å². The van der Waals surface area contributed by atoms with Crippen molar-refractivity contribution in [3.8, 4) is 17.2 Å². The van der Waals surface area contributed by atoms with Gasteiger partial charge in [-0.25, -0.2) is 0 Å². The van der Waals surface area contributed by atoms with Crippen molar-refractivity contribution in [3.63, 3.8) is 0 Å². The number of halogens is 2. The second kappa shape index (κ2) is 5.71. The summed E-state index contributed by atoms with van der Waals surface area (Å²) < 4.78 is 11.6. The fourth-order valence-electron chi connectivity index (χ4n) is 2.16. The molecule has 2 N–H and O–H groups in total. The van der Waals surface area contributed by atoms with Gasteiger partial charge in [0, 0.05) is 4.47 Å². The van der Waals surface area contributed by atoms with Crippen molar-refractivity contribution in [1.29, 1.82) is 0 Å². The lowest BCUT2D eigenvalue weighted by Crippen LogP contribution is -2.44. The maximum Gasteiger partial charge on any atom is 0.261 e. The topological polar surface area (TPSA) is 74.2 Å². The summed E-state index contributed by atoms with van der Waals surface area (Å²) in [6.07, 6.45) is 2.93. The molecule has 0 unspecified atom stereocenters. The van der Waals surface area contributed by atoms with Crippen molar-refractivity contribution < 1.29 is 9.26 Å². The van der Waals surface area contributed by atoms with Gasteiger partial charge in [0.05, 0.1) is 18.2 Å². The third-order valence-corrected chi connectivity index (χ3v) is 4.00. The van der Waals surface area contributed by atoms with Gasteiger partial charge in [-0.2, -0.15) is 4.98 Å². The molecule has 1 aromatic heterocycles. The summed E-state index contributed by atoms with van der Waals surface area (Å²) in [5.41, 5.74) is 6.54. The van der Waals surface area contributed by atoms with E-state index < -0.39 is 5.54 Å². The number of rotatable bonds is 3. The Labute approximate surface area is 131 Å².